The normalized spacial score (nSPS) is 18.5. The second-order valence-electron chi connectivity index (χ2n) is 3.47. The number of carbonyl (C=O) groups excluding carboxylic acids is 1. The minimum atomic E-state index is 0.0466. The van der Waals surface area contributed by atoms with Crippen LogP contribution >= 0.6 is 0 Å². The molecule has 4 heteroatoms. The standard InChI is InChI=1S/C9H18N2O2/c12-7-6-10-11-9(13)8-4-2-1-3-5-8/h8,10,12H,1-7H2,(H,11,13). The van der Waals surface area contributed by atoms with Crippen LogP contribution in [0.3, 0.4) is 0 Å². The van der Waals surface area contributed by atoms with Crippen LogP contribution in [0.15, 0.2) is 0 Å². The number of hydrogen-bond donors (Lipinski definition) is 3. The monoisotopic (exact) mass is 186 g/mol. The SMILES string of the molecule is O=C(NNCCO)C1CCCCC1. The van der Waals surface area contributed by atoms with Crippen LogP contribution in [0.25, 0.3) is 0 Å². The first-order valence-electron chi connectivity index (χ1n) is 4.98. The summed E-state index contributed by atoms with van der Waals surface area (Å²) in [5.74, 6) is 0.257. The van der Waals surface area contributed by atoms with Gasteiger partial charge in [-0.25, -0.2) is 5.43 Å². The topological polar surface area (TPSA) is 61.4 Å². The molecular weight excluding hydrogens is 168 g/mol. The van der Waals surface area contributed by atoms with Gasteiger partial charge < -0.3 is 5.11 Å². The van der Waals surface area contributed by atoms with Gasteiger partial charge >= 0.3 is 0 Å². The number of carbonyl (C=O) groups is 1. The summed E-state index contributed by atoms with van der Waals surface area (Å²) in [7, 11) is 0. The number of rotatable bonds is 4. The van der Waals surface area contributed by atoms with Gasteiger partial charge in [0.15, 0.2) is 0 Å². The fraction of sp³-hybridized carbons (Fsp3) is 0.889. The molecule has 0 bridgehead atoms. The lowest BCUT2D eigenvalue weighted by molar-refractivity contribution is -0.127. The Morgan fingerprint density at radius 1 is 1.31 bits per heavy atom. The minimum absolute atomic E-state index is 0.0466. The smallest absolute Gasteiger partial charge is 0.237 e. The Morgan fingerprint density at radius 3 is 2.62 bits per heavy atom. The summed E-state index contributed by atoms with van der Waals surface area (Å²) >= 11 is 0. The highest BCUT2D eigenvalue weighted by molar-refractivity contribution is 5.78. The summed E-state index contributed by atoms with van der Waals surface area (Å²) in [4.78, 5) is 11.4. The van der Waals surface area contributed by atoms with E-state index in [9.17, 15) is 4.79 Å². The van der Waals surface area contributed by atoms with Gasteiger partial charge in [-0.1, -0.05) is 19.3 Å². The van der Waals surface area contributed by atoms with Crippen molar-refractivity contribution in [2.45, 2.75) is 32.1 Å². The summed E-state index contributed by atoms with van der Waals surface area (Å²) in [6.07, 6.45) is 5.60. The minimum Gasteiger partial charge on any atom is -0.395 e. The number of hydrogen-bond acceptors (Lipinski definition) is 3. The van der Waals surface area contributed by atoms with Gasteiger partial charge in [0.05, 0.1) is 6.61 Å². The third-order valence-electron chi connectivity index (χ3n) is 2.42. The Morgan fingerprint density at radius 2 is 2.00 bits per heavy atom. The van der Waals surface area contributed by atoms with E-state index in [0.29, 0.717) is 6.54 Å². The Kier molecular flexibility index (Phi) is 4.78. The highest BCUT2D eigenvalue weighted by atomic mass is 16.3. The van der Waals surface area contributed by atoms with Crippen LogP contribution in [0, 0.1) is 5.92 Å². The summed E-state index contributed by atoms with van der Waals surface area (Å²) in [6, 6.07) is 0. The Hall–Kier alpha value is -0.610. The third kappa shape index (κ3) is 3.74. The molecule has 1 aliphatic rings. The molecule has 0 saturated heterocycles. The first-order valence-corrected chi connectivity index (χ1v) is 4.98. The fourth-order valence-electron chi connectivity index (χ4n) is 1.67. The van der Waals surface area contributed by atoms with E-state index in [0.717, 1.165) is 25.7 Å². The zero-order chi connectivity index (χ0) is 9.52. The van der Waals surface area contributed by atoms with Gasteiger partial charge in [-0.2, -0.15) is 0 Å². The van der Waals surface area contributed by atoms with Crippen molar-refractivity contribution in [3.8, 4) is 0 Å². The van der Waals surface area contributed by atoms with E-state index in [1.165, 1.54) is 6.42 Å². The van der Waals surface area contributed by atoms with Crippen molar-refractivity contribution >= 4 is 5.91 Å². The molecule has 76 valence electrons. The van der Waals surface area contributed by atoms with Crippen molar-refractivity contribution < 1.29 is 9.90 Å². The molecule has 0 unspecified atom stereocenters. The molecule has 4 nitrogen and oxygen atoms in total. The second kappa shape index (κ2) is 5.94. The number of aliphatic hydroxyl groups excluding tert-OH is 1. The second-order valence-corrected chi connectivity index (χ2v) is 3.47. The van der Waals surface area contributed by atoms with Crippen LogP contribution in [0.4, 0.5) is 0 Å². The van der Waals surface area contributed by atoms with E-state index in [-0.39, 0.29) is 18.4 Å². The highest BCUT2D eigenvalue weighted by Gasteiger charge is 2.20. The van der Waals surface area contributed by atoms with Crippen molar-refractivity contribution in [3.63, 3.8) is 0 Å². The summed E-state index contributed by atoms with van der Waals surface area (Å²) in [5, 5.41) is 8.48. The van der Waals surface area contributed by atoms with Crippen LogP contribution in [-0.4, -0.2) is 24.2 Å². The fourth-order valence-corrected chi connectivity index (χ4v) is 1.67. The zero-order valence-corrected chi connectivity index (χ0v) is 7.88. The van der Waals surface area contributed by atoms with Crippen LogP contribution in [0.5, 0.6) is 0 Å². The number of amides is 1. The number of nitrogens with one attached hydrogen (secondary N) is 2. The van der Waals surface area contributed by atoms with E-state index < -0.39 is 0 Å². The summed E-state index contributed by atoms with van der Waals surface area (Å²) in [5.41, 5.74) is 5.29. The molecule has 0 aromatic rings. The lowest BCUT2D eigenvalue weighted by atomic mass is 9.89. The van der Waals surface area contributed by atoms with Crippen molar-refractivity contribution in [2.24, 2.45) is 5.92 Å². The predicted octanol–water partition coefficient (Wildman–Crippen LogP) is 0.180. The average molecular weight is 186 g/mol. The molecule has 1 rings (SSSR count). The predicted molar refractivity (Wildman–Crippen MR) is 49.8 cm³/mol. The molecule has 1 saturated carbocycles. The van der Waals surface area contributed by atoms with Crippen molar-refractivity contribution in [2.75, 3.05) is 13.2 Å². The lowest BCUT2D eigenvalue weighted by Crippen LogP contribution is -2.42. The average Bonchev–Trinajstić information content (AvgIpc) is 2.19. The molecule has 0 heterocycles. The van der Waals surface area contributed by atoms with Gasteiger partial charge in [0.2, 0.25) is 5.91 Å². The van der Waals surface area contributed by atoms with Crippen molar-refractivity contribution in [1.29, 1.82) is 0 Å². The Bertz CT molecular complexity index is 156. The maximum atomic E-state index is 11.4. The van der Waals surface area contributed by atoms with Gasteiger partial charge in [0.1, 0.15) is 0 Å². The molecule has 0 aliphatic heterocycles. The van der Waals surface area contributed by atoms with E-state index >= 15 is 0 Å². The van der Waals surface area contributed by atoms with Crippen molar-refractivity contribution in [1.82, 2.24) is 10.9 Å². The Balaban J connectivity index is 2.13. The van der Waals surface area contributed by atoms with Gasteiger partial charge in [-0.15, -0.1) is 0 Å². The van der Waals surface area contributed by atoms with E-state index in [1.54, 1.807) is 0 Å². The molecule has 1 amide bonds. The lowest BCUT2D eigenvalue weighted by Gasteiger charge is -2.20. The van der Waals surface area contributed by atoms with Crippen LogP contribution in [-0.2, 0) is 4.79 Å². The van der Waals surface area contributed by atoms with Gasteiger partial charge in [0.25, 0.3) is 0 Å². The van der Waals surface area contributed by atoms with Gasteiger partial charge in [-0.05, 0) is 12.8 Å². The molecule has 1 aliphatic carbocycles. The third-order valence-corrected chi connectivity index (χ3v) is 2.42. The molecule has 3 N–H and O–H groups in total. The summed E-state index contributed by atoms with van der Waals surface area (Å²) < 4.78 is 0. The zero-order valence-electron chi connectivity index (χ0n) is 7.88. The number of hydrazine groups is 1. The molecule has 0 radical (unpaired) electrons. The van der Waals surface area contributed by atoms with E-state index in [4.69, 9.17) is 5.11 Å². The van der Waals surface area contributed by atoms with Gasteiger partial charge in [0, 0.05) is 12.5 Å². The molecule has 0 aromatic carbocycles. The first kappa shape index (κ1) is 10.5. The van der Waals surface area contributed by atoms with E-state index in [2.05, 4.69) is 10.9 Å². The van der Waals surface area contributed by atoms with Crippen LogP contribution in [0.2, 0.25) is 0 Å². The molecule has 1 fully saturated rings. The van der Waals surface area contributed by atoms with Gasteiger partial charge in [-0.3, -0.25) is 10.2 Å². The molecule has 0 atom stereocenters. The van der Waals surface area contributed by atoms with Crippen LogP contribution < -0.4 is 10.9 Å². The highest BCUT2D eigenvalue weighted by Crippen LogP contribution is 2.23. The van der Waals surface area contributed by atoms with Crippen LogP contribution in [0.1, 0.15) is 32.1 Å². The molecule has 13 heavy (non-hydrogen) atoms. The quantitative estimate of drug-likeness (QED) is 0.433. The van der Waals surface area contributed by atoms with E-state index in [1.807, 2.05) is 0 Å². The molecular formula is C9H18N2O2. The molecule has 0 aromatic heterocycles. The number of aliphatic hydroxyl groups is 1. The first-order chi connectivity index (χ1) is 6.34. The summed E-state index contributed by atoms with van der Waals surface area (Å²) in [6.45, 7) is 0.462. The van der Waals surface area contributed by atoms with Crippen molar-refractivity contribution in [3.05, 3.63) is 0 Å². The maximum Gasteiger partial charge on any atom is 0.237 e. The maximum absolute atomic E-state index is 11.4. The Labute approximate surface area is 78.7 Å². The molecule has 0 spiro atoms. The largest absolute Gasteiger partial charge is 0.395 e.